The number of hydrogen-bond acceptors (Lipinski definition) is 12. The van der Waals surface area contributed by atoms with Crippen molar-refractivity contribution >= 4 is 170 Å². The summed E-state index contributed by atoms with van der Waals surface area (Å²) in [6, 6.07) is 142. The summed E-state index contributed by atoms with van der Waals surface area (Å²) in [6.07, 6.45) is 3.54. The molecule has 0 aliphatic carbocycles. The summed E-state index contributed by atoms with van der Waals surface area (Å²) < 4.78 is 0. The lowest BCUT2D eigenvalue weighted by Crippen LogP contribution is -2.26. The zero-order valence-corrected chi connectivity index (χ0v) is 59.6. The van der Waals surface area contributed by atoms with Crippen LogP contribution in [0.25, 0.3) is 32.8 Å². The van der Waals surface area contributed by atoms with Crippen LogP contribution in [0, 0.1) is 0 Å². The monoisotopic (exact) mass is 1410 g/mol. The van der Waals surface area contributed by atoms with E-state index in [1.807, 2.05) is 0 Å². The standard InChI is InChI=1S/C98H68N12/c1-11-31-69(32-12-1)103(70-33-13-2-14-34-70)79-51-57-85-89(65-79)107(77-47-27-9-28-48-77)90-66-80(104(71-35-15-3-16-36-71)72-37-17-4-18-38-72)52-58-86(90)109(85)93-61-55-83-95-96(100-64-63-99-95)84-56-62-94(102-98(84)97(83)101-93)110-87-59-53-81(105(73-39-19-5-20-40-73)74-41-21-6-22-42-74)67-91(87)108(78-49-29-10-30-50-78)92-68-82(54-60-88(92)110)106(75-43-23-7-24-44-75)76-45-25-8-26-46-76/h1-68H. The second-order valence-corrected chi connectivity index (χ2v) is 27.1. The molecule has 15 aromatic carbocycles. The Kier molecular flexibility index (Phi) is 16.2. The van der Waals surface area contributed by atoms with Gasteiger partial charge < -0.3 is 29.4 Å². The minimum absolute atomic E-state index is 0.671. The summed E-state index contributed by atoms with van der Waals surface area (Å²) in [5.41, 5.74) is 24.4. The van der Waals surface area contributed by atoms with Crippen molar-refractivity contribution in [2.24, 2.45) is 0 Å². The van der Waals surface area contributed by atoms with Crippen LogP contribution in [0.3, 0.4) is 0 Å². The van der Waals surface area contributed by atoms with Gasteiger partial charge in [-0.25, -0.2) is 9.97 Å². The zero-order valence-electron chi connectivity index (χ0n) is 59.6. The van der Waals surface area contributed by atoms with Crippen LogP contribution in [0.4, 0.5) is 137 Å². The van der Waals surface area contributed by atoms with Gasteiger partial charge in [-0.15, -0.1) is 0 Å². The van der Waals surface area contributed by atoms with E-state index in [1.165, 1.54) is 0 Å². The van der Waals surface area contributed by atoms with Gasteiger partial charge in [-0.1, -0.05) is 182 Å². The highest BCUT2D eigenvalue weighted by atomic mass is 15.3. The molecule has 12 heteroatoms. The number of benzene rings is 15. The predicted molar refractivity (Wildman–Crippen MR) is 455 cm³/mol. The number of nitrogens with zero attached hydrogens (tertiary/aromatic N) is 12. The molecule has 0 fully saturated rings. The highest BCUT2D eigenvalue weighted by molar-refractivity contribution is 6.21. The maximum Gasteiger partial charge on any atom is 0.138 e. The number of para-hydroxylation sites is 10. The fourth-order valence-electron chi connectivity index (χ4n) is 15.8. The smallest absolute Gasteiger partial charge is 0.138 e. The first-order valence-electron chi connectivity index (χ1n) is 36.9. The van der Waals surface area contributed by atoms with Gasteiger partial charge in [-0.05, 0) is 218 Å². The van der Waals surface area contributed by atoms with Gasteiger partial charge in [0.05, 0.1) is 56.5 Å². The second kappa shape index (κ2) is 27.7. The molecule has 0 bridgehead atoms. The molecule has 110 heavy (non-hydrogen) atoms. The van der Waals surface area contributed by atoms with Crippen LogP contribution in [-0.2, 0) is 0 Å². The molecule has 0 N–H and O–H groups in total. The quantitative estimate of drug-likeness (QED) is 0.0865. The molecule has 5 heterocycles. The van der Waals surface area contributed by atoms with Gasteiger partial charge in [0, 0.05) is 103 Å². The Balaban J connectivity index is 0.827. The SMILES string of the molecule is c1ccc(N(c2ccccc2)c2ccc3c(c2)N(c2ccccc2)c2cc(N(c4ccccc4)c4ccccc4)ccc2N3c2ccc3c4nccnc4c4ccc(N5c6ccc(N(c7ccccc7)c7ccccc7)cc6N(c6ccccc6)c6cc(N(c7ccccc7)c7ccccc7)ccc65)nc4c3n2)cc1. The van der Waals surface area contributed by atoms with Crippen LogP contribution in [0.5, 0.6) is 0 Å². The molecule has 18 aromatic rings. The molecule has 2 aliphatic rings. The first kappa shape index (κ1) is 64.5. The molecular formula is C98H68N12. The molecule has 12 nitrogen and oxygen atoms in total. The molecular weight excluding hydrogens is 1350 g/mol. The van der Waals surface area contributed by atoms with Crippen molar-refractivity contribution in [1.29, 1.82) is 0 Å². The van der Waals surface area contributed by atoms with Gasteiger partial charge in [0.1, 0.15) is 22.7 Å². The average Bonchev–Trinajstić information content (AvgIpc) is 0.724. The third kappa shape index (κ3) is 11.4. The number of aromatic nitrogens is 4. The molecule has 0 atom stereocenters. The molecule has 0 radical (unpaired) electrons. The summed E-state index contributed by atoms with van der Waals surface area (Å²) in [6.45, 7) is 0. The van der Waals surface area contributed by atoms with Crippen LogP contribution in [0.1, 0.15) is 0 Å². The minimum Gasteiger partial charge on any atom is -0.310 e. The molecule has 3 aromatic heterocycles. The molecule has 0 saturated heterocycles. The number of hydrogen-bond donors (Lipinski definition) is 0. The van der Waals surface area contributed by atoms with E-state index in [0.29, 0.717) is 22.7 Å². The Hall–Kier alpha value is -15.1. The van der Waals surface area contributed by atoms with Crippen molar-refractivity contribution in [3.63, 3.8) is 0 Å². The van der Waals surface area contributed by atoms with Crippen molar-refractivity contribution in [3.8, 4) is 0 Å². The van der Waals surface area contributed by atoms with Gasteiger partial charge in [-0.2, -0.15) is 0 Å². The molecule has 20 rings (SSSR count). The largest absolute Gasteiger partial charge is 0.310 e. The van der Waals surface area contributed by atoms with E-state index in [9.17, 15) is 0 Å². The fourth-order valence-corrected chi connectivity index (χ4v) is 15.8. The van der Waals surface area contributed by atoms with Crippen LogP contribution in [-0.4, -0.2) is 19.9 Å². The third-order valence-electron chi connectivity index (χ3n) is 20.6. The first-order valence-corrected chi connectivity index (χ1v) is 36.9. The van der Waals surface area contributed by atoms with Gasteiger partial charge >= 0.3 is 0 Å². The Morgan fingerprint density at radius 1 is 0.173 bits per heavy atom. The normalized spacial score (nSPS) is 12.1. The average molecular weight is 1410 g/mol. The first-order chi connectivity index (χ1) is 54.6. The molecule has 0 unspecified atom stereocenters. The number of anilines is 24. The Bertz CT molecular complexity index is 5560. The maximum atomic E-state index is 6.00. The Morgan fingerprint density at radius 3 is 0.618 bits per heavy atom. The Labute approximate surface area is 637 Å². The minimum atomic E-state index is 0.671. The molecule has 2 aliphatic heterocycles. The summed E-state index contributed by atoms with van der Waals surface area (Å²) in [7, 11) is 0. The third-order valence-corrected chi connectivity index (χ3v) is 20.6. The van der Waals surface area contributed by atoms with Crippen molar-refractivity contribution in [3.05, 3.63) is 413 Å². The maximum absolute atomic E-state index is 6.00. The van der Waals surface area contributed by atoms with E-state index in [-0.39, 0.29) is 0 Å². The van der Waals surface area contributed by atoms with Gasteiger partial charge in [-0.3, -0.25) is 19.8 Å². The summed E-state index contributed by atoms with van der Waals surface area (Å²) in [4.78, 5) is 41.0. The second-order valence-electron chi connectivity index (χ2n) is 27.1. The number of fused-ring (bicyclic) bond motifs is 10. The highest BCUT2D eigenvalue weighted by Crippen LogP contribution is 2.60. The summed E-state index contributed by atoms with van der Waals surface area (Å²) in [5.74, 6) is 1.37. The van der Waals surface area contributed by atoms with Crippen molar-refractivity contribution in [1.82, 2.24) is 19.9 Å². The van der Waals surface area contributed by atoms with E-state index in [2.05, 4.69) is 440 Å². The predicted octanol–water partition coefficient (Wildman–Crippen LogP) is 27.1. The van der Waals surface area contributed by atoms with E-state index >= 15 is 0 Å². The summed E-state index contributed by atoms with van der Waals surface area (Å²) in [5, 5.41) is 1.64. The molecule has 0 amide bonds. The highest BCUT2D eigenvalue weighted by Gasteiger charge is 2.37. The van der Waals surface area contributed by atoms with Gasteiger partial charge in [0.2, 0.25) is 0 Å². The van der Waals surface area contributed by atoms with Crippen LogP contribution >= 0.6 is 0 Å². The van der Waals surface area contributed by atoms with E-state index in [1.54, 1.807) is 12.4 Å². The van der Waals surface area contributed by atoms with Gasteiger partial charge in [0.25, 0.3) is 0 Å². The van der Waals surface area contributed by atoms with Crippen LogP contribution < -0.4 is 39.2 Å². The van der Waals surface area contributed by atoms with E-state index < -0.39 is 0 Å². The van der Waals surface area contributed by atoms with E-state index in [0.717, 1.165) is 147 Å². The van der Waals surface area contributed by atoms with Crippen LogP contribution in [0.2, 0.25) is 0 Å². The lowest BCUT2D eigenvalue weighted by molar-refractivity contribution is 1.12. The molecule has 0 saturated carbocycles. The molecule has 520 valence electrons. The van der Waals surface area contributed by atoms with E-state index in [4.69, 9.17) is 19.9 Å². The topological polar surface area (TPSA) is 77.5 Å². The number of pyridine rings is 2. The van der Waals surface area contributed by atoms with Crippen molar-refractivity contribution in [2.75, 3.05) is 39.2 Å². The van der Waals surface area contributed by atoms with Crippen LogP contribution in [0.15, 0.2) is 413 Å². The fraction of sp³-hybridized carbons (Fsp3) is 0. The number of rotatable bonds is 16. The summed E-state index contributed by atoms with van der Waals surface area (Å²) >= 11 is 0. The molecule has 0 spiro atoms. The zero-order chi connectivity index (χ0) is 72.9. The van der Waals surface area contributed by atoms with Crippen molar-refractivity contribution < 1.29 is 0 Å². The lowest BCUT2D eigenvalue weighted by atomic mass is 10.0. The Morgan fingerprint density at radius 2 is 0.391 bits per heavy atom. The lowest BCUT2D eigenvalue weighted by Gasteiger charge is -2.41. The van der Waals surface area contributed by atoms with Crippen molar-refractivity contribution in [2.45, 2.75) is 0 Å². The van der Waals surface area contributed by atoms with Gasteiger partial charge in [0.15, 0.2) is 0 Å².